The van der Waals surface area contributed by atoms with Crippen LogP contribution in [-0.4, -0.2) is 60.0 Å². The van der Waals surface area contributed by atoms with Crippen molar-refractivity contribution >= 4 is 11.8 Å². The molecule has 0 radical (unpaired) electrons. The quantitative estimate of drug-likeness (QED) is 0.674. The van der Waals surface area contributed by atoms with Crippen molar-refractivity contribution in [2.24, 2.45) is 0 Å². The molecule has 0 spiro atoms. The molecule has 94 valence electrons. The van der Waals surface area contributed by atoms with E-state index < -0.39 is 0 Å². The average Bonchev–Trinajstić information content (AvgIpc) is 2.64. The molecule has 1 aromatic rings. The van der Waals surface area contributed by atoms with Crippen LogP contribution in [0, 0.1) is 0 Å². The molecule has 5 nitrogen and oxygen atoms in total. The SMILES string of the molecule is CN1CCN(N2C(=O)c3ccccc3C2=O)CC1. The van der Waals surface area contributed by atoms with Crippen LogP contribution < -0.4 is 0 Å². The van der Waals surface area contributed by atoms with Crippen molar-refractivity contribution in [2.45, 2.75) is 0 Å². The molecule has 5 heteroatoms. The van der Waals surface area contributed by atoms with Crippen molar-refractivity contribution < 1.29 is 9.59 Å². The Hall–Kier alpha value is -1.72. The topological polar surface area (TPSA) is 43.9 Å². The molecule has 2 amide bonds. The van der Waals surface area contributed by atoms with Gasteiger partial charge >= 0.3 is 0 Å². The second-order valence-electron chi connectivity index (χ2n) is 4.72. The zero-order chi connectivity index (χ0) is 12.7. The number of hydrazine groups is 1. The third kappa shape index (κ3) is 1.63. The van der Waals surface area contributed by atoms with Crippen molar-refractivity contribution in [3.05, 3.63) is 35.4 Å². The van der Waals surface area contributed by atoms with Crippen LogP contribution in [0.4, 0.5) is 0 Å². The summed E-state index contributed by atoms with van der Waals surface area (Å²) in [5.41, 5.74) is 1.03. The molecule has 1 fully saturated rings. The van der Waals surface area contributed by atoms with Gasteiger partial charge in [-0.05, 0) is 19.2 Å². The number of carbonyl (C=O) groups excluding carboxylic acids is 2. The van der Waals surface area contributed by atoms with Gasteiger partial charge in [-0.2, -0.15) is 0 Å². The van der Waals surface area contributed by atoms with Crippen molar-refractivity contribution in [1.82, 2.24) is 14.9 Å². The molecule has 0 bridgehead atoms. The molecule has 1 saturated heterocycles. The molecule has 0 saturated carbocycles. The highest BCUT2D eigenvalue weighted by Gasteiger charge is 2.39. The van der Waals surface area contributed by atoms with Gasteiger partial charge in [-0.3, -0.25) is 9.59 Å². The molecule has 2 heterocycles. The van der Waals surface area contributed by atoms with E-state index in [1.54, 1.807) is 24.3 Å². The number of rotatable bonds is 1. The maximum absolute atomic E-state index is 12.2. The summed E-state index contributed by atoms with van der Waals surface area (Å²) < 4.78 is 0. The largest absolute Gasteiger partial charge is 0.304 e. The standard InChI is InChI=1S/C13H15N3O2/c1-14-6-8-15(9-7-14)16-12(17)10-4-2-3-5-11(10)13(16)18/h2-5H,6-9H2,1H3. The molecule has 0 unspecified atom stereocenters. The van der Waals surface area contributed by atoms with E-state index in [0.717, 1.165) is 13.1 Å². The number of piperazine rings is 1. The zero-order valence-corrected chi connectivity index (χ0v) is 10.3. The monoisotopic (exact) mass is 245 g/mol. The Balaban J connectivity index is 1.88. The second-order valence-corrected chi connectivity index (χ2v) is 4.72. The molecule has 3 rings (SSSR count). The third-order valence-electron chi connectivity index (χ3n) is 3.54. The molecular formula is C13H15N3O2. The Morgan fingerprint density at radius 2 is 1.39 bits per heavy atom. The van der Waals surface area contributed by atoms with Gasteiger partial charge in [-0.15, -0.1) is 0 Å². The second kappa shape index (κ2) is 4.19. The number of hydrogen-bond acceptors (Lipinski definition) is 4. The van der Waals surface area contributed by atoms with Crippen LogP contribution in [0.2, 0.25) is 0 Å². The van der Waals surface area contributed by atoms with Crippen molar-refractivity contribution in [3.8, 4) is 0 Å². The number of benzene rings is 1. The van der Waals surface area contributed by atoms with Gasteiger partial charge < -0.3 is 4.90 Å². The fourth-order valence-corrected chi connectivity index (χ4v) is 2.43. The predicted molar refractivity (Wildman–Crippen MR) is 66.0 cm³/mol. The van der Waals surface area contributed by atoms with Gasteiger partial charge in [0.15, 0.2) is 0 Å². The number of hydrogen-bond donors (Lipinski definition) is 0. The molecule has 2 aliphatic rings. The lowest BCUT2D eigenvalue weighted by atomic mass is 10.1. The van der Waals surface area contributed by atoms with Gasteiger partial charge in [0, 0.05) is 26.2 Å². The minimum absolute atomic E-state index is 0.194. The number of imide groups is 1. The molecule has 0 aliphatic carbocycles. The summed E-state index contributed by atoms with van der Waals surface area (Å²) in [5, 5.41) is 3.16. The van der Waals surface area contributed by atoms with E-state index in [-0.39, 0.29) is 11.8 Å². The summed E-state index contributed by atoms with van der Waals surface area (Å²) in [6, 6.07) is 7.01. The Morgan fingerprint density at radius 3 is 1.89 bits per heavy atom. The lowest BCUT2D eigenvalue weighted by Gasteiger charge is -2.36. The summed E-state index contributed by atoms with van der Waals surface area (Å²) in [7, 11) is 2.04. The van der Waals surface area contributed by atoms with E-state index in [9.17, 15) is 9.59 Å². The van der Waals surface area contributed by atoms with Gasteiger partial charge in [0.25, 0.3) is 11.8 Å². The minimum Gasteiger partial charge on any atom is -0.304 e. The molecule has 1 aromatic carbocycles. The van der Waals surface area contributed by atoms with Crippen LogP contribution in [0.15, 0.2) is 24.3 Å². The van der Waals surface area contributed by atoms with E-state index in [2.05, 4.69) is 4.90 Å². The summed E-state index contributed by atoms with van der Waals surface area (Å²) in [4.78, 5) is 26.7. The predicted octanol–water partition coefficient (Wildman–Crippen LogP) is 0.445. The van der Waals surface area contributed by atoms with Crippen LogP contribution in [0.3, 0.4) is 0 Å². The first-order valence-corrected chi connectivity index (χ1v) is 6.09. The number of amides is 2. The highest BCUT2D eigenvalue weighted by Crippen LogP contribution is 2.24. The summed E-state index contributed by atoms with van der Waals surface area (Å²) in [6.45, 7) is 3.16. The first-order valence-electron chi connectivity index (χ1n) is 6.09. The fourth-order valence-electron chi connectivity index (χ4n) is 2.43. The lowest BCUT2D eigenvalue weighted by molar-refractivity contribution is -0.0176. The summed E-state index contributed by atoms with van der Waals surface area (Å²) >= 11 is 0. The Kier molecular flexibility index (Phi) is 2.65. The van der Waals surface area contributed by atoms with Crippen molar-refractivity contribution in [1.29, 1.82) is 0 Å². The van der Waals surface area contributed by atoms with Gasteiger partial charge in [-0.25, -0.2) is 10.0 Å². The van der Waals surface area contributed by atoms with E-state index in [4.69, 9.17) is 0 Å². The number of carbonyl (C=O) groups is 2. The molecule has 2 aliphatic heterocycles. The smallest absolute Gasteiger partial charge is 0.276 e. The van der Waals surface area contributed by atoms with Crippen LogP contribution in [-0.2, 0) is 0 Å². The number of fused-ring (bicyclic) bond motifs is 1. The highest BCUT2D eigenvalue weighted by molar-refractivity contribution is 6.20. The van der Waals surface area contributed by atoms with Crippen LogP contribution in [0.1, 0.15) is 20.7 Å². The summed E-state index contributed by atoms with van der Waals surface area (Å²) in [5.74, 6) is -0.389. The third-order valence-corrected chi connectivity index (χ3v) is 3.54. The van der Waals surface area contributed by atoms with Crippen LogP contribution >= 0.6 is 0 Å². The lowest BCUT2D eigenvalue weighted by Crippen LogP contribution is -2.54. The van der Waals surface area contributed by atoms with Crippen LogP contribution in [0.25, 0.3) is 0 Å². The average molecular weight is 245 g/mol. The molecular weight excluding hydrogens is 230 g/mol. The van der Waals surface area contributed by atoms with E-state index in [0.29, 0.717) is 24.2 Å². The van der Waals surface area contributed by atoms with E-state index in [1.807, 2.05) is 12.1 Å². The Morgan fingerprint density at radius 1 is 0.889 bits per heavy atom. The van der Waals surface area contributed by atoms with Crippen molar-refractivity contribution in [2.75, 3.05) is 33.2 Å². The molecule has 0 atom stereocenters. The first-order chi connectivity index (χ1) is 8.68. The van der Waals surface area contributed by atoms with Gasteiger partial charge in [-0.1, -0.05) is 12.1 Å². The van der Waals surface area contributed by atoms with E-state index >= 15 is 0 Å². The minimum atomic E-state index is -0.194. The first kappa shape index (κ1) is 11.4. The van der Waals surface area contributed by atoms with Gasteiger partial charge in [0.1, 0.15) is 0 Å². The molecule has 18 heavy (non-hydrogen) atoms. The van der Waals surface area contributed by atoms with Gasteiger partial charge in [0.2, 0.25) is 0 Å². The molecule has 0 N–H and O–H groups in total. The fraction of sp³-hybridized carbons (Fsp3) is 0.385. The van der Waals surface area contributed by atoms with Crippen LogP contribution in [0.5, 0.6) is 0 Å². The molecule has 0 aromatic heterocycles. The highest BCUT2D eigenvalue weighted by atomic mass is 16.2. The van der Waals surface area contributed by atoms with Crippen molar-refractivity contribution in [3.63, 3.8) is 0 Å². The Labute approximate surface area is 106 Å². The maximum atomic E-state index is 12.2. The zero-order valence-electron chi connectivity index (χ0n) is 10.3. The normalized spacial score (nSPS) is 21.5. The maximum Gasteiger partial charge on any atom is 0.276 e. The summed E-state index contributed by atoms with van der Waals surface area (Å²) in [6.07, 6.45) is 0. The Bertz CT molecular complexity index is 472. The number of likely N-dealkylation sites (N-methyl/N-ethyl adjacent to an activating group) is 1. The van der Waals surface area contributed by atoms with E-state index in [1.165, 1.54) is 5.01 Å². The number of nitrogens with zero attached hydrogens (tertiary/aromatic N) is 3. The van der Waals surface area contributed by atoms with Gasteiger partial charge in [0.05, 0.1) is 11.1 Å².